The zero-order valence-corrected chi connectivity index (χ0v) is 12.7. The smallest absolute Gasteiger partial charge is 0.243 e. The Balaban J connectivity index is 2.11. The van der Waals surface area contributed by atoms with Crippen molar-refractivity contribution < 1.29 is 13.2 Å². The lowest BCUT2D eigenvalue weighted by molar-refractivity contribution is 0.00858. The van der Waals surface area contributed by atoms with Gasteiger partial charge in [-0.1, -0.05) is 0 Å². The largest absolute Gasteiger partial charge is 0.377 e. The van der Waals surface area contributed by atoms with Crippen LogP contribution in [0.3, 0.4) is 0 Å². The quantitative estimate of drug-likeness (QED) is 0.887. The zero-order valence-electron chi connectivity index (χ0n) is 11.9. The third kappa shape index (κ3) is 3.47. The highest BCUT2D eigenvalue weighted by Crippen LogP contribution is 2.19. The van der Waals surface area contributed by atoms with E-state index in [1.165, 1.54) is 22.6 Å². The average molecular weight is 299 g/mol. The summed E-state index contributed by atoms with van der Waals surface area (Å²) >= 11 is 0. The summed E-state index contributed by atoms with van der Waals surface area (Å²) in [6, 6.07) is 3.04. The van der Waals surface area contributed by atoms with Gasteiger partial charge in [0.25, 0.3) is 0 Å². The maximum atomic E-state index is 12.5. The maximum Gasteiger partial charge on any atom is 0.243 e. The molecule has 1 N–H and O–H groups in total. The van der Waals surface area contributed by atoms with Crippen LogP contribution in [0.4, 0.5) is 5.82 Å². The van der Waals surface area contributed by atoms with E-state index in [1.807, 2.05) is 0 Å². The number of aromatic nitrogens is 1. The highest BCUT2D eigenvalue weighted by molar-refractivity contribution is 7.89. The van der Waals surface area contributed by atoms with Gasteiger partial charge in [-0.3, -0.25) is 0 Å². The second kappa shape index (κ2) is 6.51. The molecule has 2 heterocycles. The molecule has 1 aromatic rings. The van der Waals surface area contributed by atoms with E-state index >= 15 is 0 Å². The van der Waals surface area contributed by atoms with Crippen molar-refractivity contribution in [2.75, 3.05) is 32.6 Å². The average Bonchev–Trinajstić information content (AvgIpc) is 2.48. The van der Waals surface area contributed by atoms with Crippen LogP contribution in [0.15, 0.2) is 23.2 Å². The summed E-state index contributed by atoms with van der Waals surface area (Å²) in [5.74, 6) is 0.536. The van der Waals surface area contributed by atoms with E-state index in [1.54, 1.807) is 14.1 Å². The molecule has 1 aliphatic heterocycles. The fourth-order valence-electron chi connectivity index (χ4n) is 2.22. The highest BCUT2D eigenvalue weighted by Gasteiger charge is 2.25. The van der Waals surface area contributed by atoms with Crippen LogP contribution in [0.5, 0.6) is 0 Å². The van der Waals surface area contributed by atoms with Gasteiger partial charge in [-0.15, -0.1) is 0 Å². The van der Waals surface area contributed by atoms with Crippen LogP contribution in [0.2, 0.25) is 0 Å². The van der Waals surface area contributed by atoms with Crippen molar-refractivity contribution in [2.24, 2.45) is 0 Å². The molecular formula is C13H21N3O3S. The van der Waals surface area contributed by atoms with Crippen molar-refractivity contribution in [3.05, 3.63) is 18.3 Å². The molecule has 6 nitrogen and oxygen atoms in total. The molecule has 7 heteroatoms. The maximum absolute atomic E-state index is 12.5. The topological polar surface area (TPSA) is 71.5 Å². The molecule has 0 aromatic carbocycles. The first-order valence-electron chi connectivity index (χ1n) is 6.76. The number of rotatable bonds is 5. The molecule has 112 valence electrons. The molecule has 1 atom stereocenters. The van der Waals surface area contributed by atoms with Crippen LogP contribution >= 0.6 is 0 Å². The van der Waals surface area contributed by atoms with Crippen LogP contribution in [-0.4, -0.2) is 51.1 Å². The SMILES string of the molecule is CNc1cc(S(=O)(=O)N(C)CC2CCCCO2)ccn1. The minimum absolute atomic E-state index is 0.00543. The molecule has 0 amide bonds. The van der Waals surface area contributed by atoms with E-state index < -0.39 is 10.0 Å². The molecular weight excluding hydrogens is 278 g/mol. The van der Waals surface area contributed by atoms with Crippen molar-refractivity contribution in [3.8, 4) is 0 Å². The summed E-state index contributed by atoms with van der Waals surface area (Å²) in [5.41, 5.74) is 0. The summed E-state index contributed by atoms with van der Waals surface area (Å²) < 4.78 is 31.9. The van der Waals surface area contributed by atoms with Crippen LogP contribution in [0.25, 0.3) is 0 Å². The molecule has 20 heavy (non-hydrogen) atoms. The molecule has 2 rings (SSSR count). The molecule has 1 fully saturated rings. The van der Waals surface area contributed by atoms with Crippen LogP contribution in [0, 0.1) is 0 Å². The van der Waals surface area contributed by atoms with Gasteiger partial charge in [0.1, 0.15) is 5.82 Å². The Morgan fingerprint density at radius 3 is 2.95 bits per heavy atom. The first-order chi connectivity index (χ1) is 9.54. The van der Waals surface area contributed by atoms with Crippen molar-refractivity contribution in [3.63, 3.8) is 0 Å². The minimum atomic E-state index is -3.50. The van der Waals surface area contributed by atoms with Crippen molar-refractivity contribution in [2.45, 2.75) is 30.3 Å². The summed E-state index contributed by atoms with van der Waals surface area (Å²) in [6.45, 7) is 1.11. The van der Waals surface area contributed by atoms with E-state index in [4.69, 9.17) is 4.74 Å². The van der Waals surface area contributed by atoms with Gasteiger partial charge in [-0.05, 0) is 25.3 Å². The molecule has 0 bridgehead atoms. The summed E-state index contributed by atoms with van der Waals surface area (Å²) in [7, 11) is -0.201. The first kappa shape index (κ1) is 15.2. The van der Waals surface area contributed by atoms with Gasteiger partial charge in [-0.2, -0.15) is 4.31 Å². The van der Waals surface area contributed by atoms with Gasteiger partial charge >= 0.3 is 0 Å². The van der Waals surface area contributed by atoms with Gasteiger partial charge < -0.3 is 10.1 Å². The molecule has 1 aliphatic rings. The number of anilines is 1. The first-order valence-corrected chi connectivity index (χ1v) is 8.20. The molecule has 0 saturated carbocycles. The Hall–Kier alpha value is -1.18. The standard InChI is InChI=1S/C13H21N3O3S/c1-14-13-9-12(6-7-15-13)20(17,18)16(2)10-11-5-3-4-8-19-11/h6-7,9,11H,3-5,8,10H2,1-2H3,(H,14,15). The second-order valence-electron chi connectivity index (χ2n) is 4.90. The van der Waals surface area contributed by atoms with Gasteiger partial charge in [0.2, 0.25) is 10.0 Å². The van der Waals surface area contributed by atoms with Gasteiger partial charge in [0.15, 0.2) is 0 Å². The Morgan fingerprint density at radius 1 is 1.50 bits per heavy atom. The van der Waals surface area contributed by atoms with Crippen LogP contribution in [-0.2, 0) is 14.8 Å². The molecule has 0 radical (unpaired) electrons. The fraction of sp³-hybridized carbons (Fsp3) is 0.615. The predicted octanol–water partition coefficient (Wildman–Crippen LogP) is 1.31. The van der Waals surface area contributed by atoms with E-state index in [0.717, 1.165) is 25.9 Å². The van der Waals surface area contributed by atoms with Crippen LogP contribution < -0.4 is 5.32 Å². The number of ether oxygens (including phenoxy) is 1. The predicted molar refractivity (Wildman–Crippen MR) is 77.2 cm³/mol. The summed E-state index contributed by atoms with van der Waals surface area (Å²) in [6.07, 6.45) is 4.55. The Morgan fingerprint density at radius 2 is 2.30 bits per heavy atom. The minimum Gasteiger partial charge on any atom is -0.377 e. The molecule has 0 spiro atoms. The zero-order chi connectivity index (χ0) is 14.6. The second-order valence-corrected chi connectivity index (χ2v) is 6.95. The van der Waals surface area contributed by atoms with Gasteiger partial charge in [-0.25, -0.2) is 13.4 Å². The van der Waals surface area contributed by atoms with E-state index in [2.05, 4.69) is 10.3 Å². The van der Waals surface area contributed by atoms with E-state index in [9.17, 15) is 8.42 Å². The summed E-state index contributed by atoms with van der Waals surface area (Å²) in [5, 5.41) is 2.84. The molecule has 1 aromatic heterocycles. The lowest BCUT2D eigenvalue weighted by Gasteiger charge is -2.27. The Labute approximate surface area is 120 Å². The van der Waals surface area contributed by atoms with Gasteiger partial charge in [0, 0.05) is 39.5 Å². The van der Waals surface area contributed by atoms with Crippen molar-refractivity contribution in [1.29, 1.82) is 0 Å². The number of hydrogen-bond donors (Lipinski definition) is 1. The monoisotopic (exact) mass is 299 g/mol. The number of nitrogens with zero attached hydrogens (tertiary/aromatic N) is 2. The number of pyridine rings is 1. The lowest BCUT2D eigenvalue weighted by Crippen LogP contribution is -2.37. The van der Waals surface area contributed by atoms with Crippen molar-refractivity contribution >= 4 is 15.8 Å². The Bertz CT molecular complexity index is 542. The number of hydrogen-bond acceptors (Lipinski definition) is 5. The molecule has 1 unspecified atom stereocenters. The summed E-state index contributed by atoms with van der Waals surface area (Å²) in [4.78, 5) is 4.27. The van der Waals surface area contributed by atoms with E-state index in [0.29, 0.717) is 12.4 Å². The number of likely N-dealkylation sites (N-methyl/N-ethyl adjacent to an activating group) is 1. The lowest BCUT2D eigenvalue weighted by atomic mass is 10.1. The van der Waals surface area contributed by atoms with Crippen molar-refractivity contribution in [1.82, 2.24) is 9.29 Å². The normalized spacial score (nSPS) is 20.1. The fourth-order valence-corrected chi connectivity index (χ4v) is 3.44. The Kier molecular flexibility index (Phi) is 4.95. The third-order valence-corrected chi connectivity index (χ3v) is 5.25. The molecule has 0 aliphatic carbocycles. The molecule has 1 saturated heterocycles. The van der Waals surface area contributed by atoms with E-state index in [-0.39, 0.29) is 11.0 Å². The number of sulfonamides is 1. The van der Waals surface area contributed by atoms with Crippen LogP contribution in [0.1, 0.15) is 19.3 Å². The third-order valence-electron chi connectivity index (χ3n) is 3.43. The van der Waals surface area contributed by atoms with Gasteiger partial charge in [0.05, 0.1) is 11.0 Å². The number of nitrogens with one attached hydrogen (secondary N) is 1. The highest BCUT2D eigenvalue weighted by atomic mass is 32.2.